The van der Waals surface area contributed by atoms with E-state index in [1.807, 2.05) is 24.3 Å². The Bertz CT molecular complexity index is 845. The van der Waals surface area contributed by atoms with Gasteiger partial charge in [-0.05, 0) is 44.2 Å². The number of benzene rings is 1. The molecule has 4 rings (SSSR count). The second kappa shape index (κ2) is 6.47. The highest BCUT2D eigenvalue weighted by atomic mass is 16.6. The molecule has 2 heterocycles. The van der Waals surface area contributed by atoms with Crippen LogP contribution in [0.2, 0.25) is 0 Å². The molecule has 0 radical (unpaired) electrons. The topological polar surface area (TPSA) is 65.5 Å². The number of aromatic nitrogens is 1. The third-order valence-corrected chi connectivity index (χ3v) is 5.00. The van der Waals surface area contributed by atoms with E-state index in [1.165, 1.54) is 0 Å². The first kappa shape index (κ1) is 16.1. The standard InChI is InChI=1S/C20H21NO4/c1-12-11-17(19(22)24-12)25-20(23)18-13-7-3-2-4-9-15(13)21-16-10-6-5-8-14(16)18/h5-6,8,10,12,17H,2-4,7,9,11H2,1H3/t12-,17-/m0/s1. The predicted molar refractivity (Wildman–Crippen MR) is 92.4 cm³/mol. The molecular weight excluding hydrogens is 318 g/mol. The van der Waals surface area contributed by atoms with Crippen molar-refractivity contribution in [3.8, 4) is 0 Å². The summed E-state index contributed by atoms with van der Waals surface area (Å²) in [6.45, 7) is 1.81. The Morgan fingerprint density at radius 3 is 2.80 bits per heavy atom. The molecule has 1 aromatic heterocycles. The summed E-state index contributed by atoms with van der Waals surface area (Å²) in [4.78, 5) is 29.6. The van der Waals surface area contributed by atoms with Crippen molar-refractivity contribution in [1.29, 1.82) is 0 Å². The average molecular weight is 339 g/mol. The lowest BCUT2D eigenvalue weighted by atomic mass is 9.97. The van der Waals surface area contributed by atoms with Crippen LogP contribution >= 0.6 is 0 Å². The lowest BCUT2D eigenvalue weighted by Gasteiger charge is -2.16. The van der Waals surface area contributed by atoms with E-state index >= 15 is 0 Å². The van der Waals surface area contributed by atoms with Gasteiger partial charge in [0.05, 0.1) is 11.1 Å². The van der Waals surface area contributed by atoms with Crippen molar-refractivity contribution in [2.75, 3.05) is 0 Å². The monoisotopic (exact) mass is 339 g/mol. The van der Waals surface area contributed by atoms with Gasteiger partial charge in [0.15, 0.2) is 0 Å². The van der Waals surface area contributed by atoms with E-state index in [1.54, 1.807) is 6.92 Å². The fourth-order valence-electron chi connectivity index (χ4n) is 3.79. The van der Waals surface area contributed by atoms with Crippen LogP contribution in [0.15, 0.2) is 24.3 Å². The van der Waals surface area contributed by atoms with Gasteiger partial charge in [0.2, 0.25) is 6.10 Å². The highest BCUT2D eigenvalue weighted by Gasteiger charge is 2.36. The number of rotatable bonds is 2. The van der Waals surface area contributed by atoms with Crippen LogP contribution in [-0.4, -0.2) is 29.1 Å². The fourth-order valence-corrected chi connectivity index (χ4v) is 3.79. The van der Waals surface area contributed by atoms with Crippen molar-refractivity contribution in [2.24, 2.45) is 0 Å². The number of esters is 2. The lowest BCUT2D eigenvalue weighted by molar-refractivity contribution is -0.147. The molecule has 1 fully saturated rings. The quantitative estimate of drug-likeness (QED) is 0.620. The van der Waals surface area contributed by atoms with Crippen LogP contribution in [0.3, 0.4) is 0 Å². The first-order valence-electron chi connectivity index (χ1n) is 8.95. The SMILES string of the molecule is C[C@H]1C[C@H](OC(=O)c2c3c(nc4ccccc24)CCCCC3)C(=O)O1. The number of carbonyl (C=O) groups is 2. The molecular formula is C20H21NO4. The van der Waals surface area contributed by atoms with Crippen molar-refractivity contribution in [3.63, 3.8) is 0 Å². The summed E-state index contributed by atoms with van der Waals surface area (Å²) in [6, 6.07) is 7.64. The third kappa shape index (κ3) is 2.99. The van der Waals surface area contributed by atoms with Crippen LogP contribution in [0.4, 0.5) is 0 Å². The Morgan fingerprint density at radius 1 is 1.20 bits per heavy atom. The summed E-state index contributed by atoms with van der Waals surface area (Å²) in [5.74, 6) is -0.891. The van der Waals surface area contributed by atoms with Crippen molar-refractivity contribution in [3.05, 3.63) is 41.1 Å². The molecule has 1 aliphatic heterocycles. The van der Waals surface area contributed by atoms with Gasteiger partial charge < -0.3 is 9.47 Å². The zero-order valence-corrected chi connectivity index (χ0v) is 14.3. The summed E-state index contributed by atoms with van der Waals surface area (Å²) < 4.78 is 10.7. The van der Waals surface area contributed by atoms with E-state index in [0.29, 0.717) is 12.0 Å². The van der Waals surface area contributed by atoms with Gasteiger partial charge in [-0.2, -0.15) is 0 Å². The minimum Gasteiger partial charge on any atom is -0.460 e. The first-order valence-corrected chi connectivity index (χ1v) is 8.95. The van der Waals surface area contributed by atoms with Crippen molar-refractivity contribution >= 4 is 22.8 Å². The van der Waals surface area contributed by atoms with Gasteiger partial charge in [-0.3, -0.25) is 4.98 Å². The molecule has 5 nitrogen and oxygen atoms in total. The minimum absolute atomic E-state index is 0.211. The molecule has 2 aliphatic rings. The summed E-state index contributed by atoms with van der Waals surface area (Å²) in [5, 5.41) is 0.799. The molecule has 0 bridgehead atoms. The first-order chi connectivity index (χ1) is 12.1. The highest BCUT2D eigenvalue weighted by molar-refractivity contribution is 6.05. The number of cyclic esters (lactones) is 1. The van der Waals surface area contributed by atoms with Crippen LogP contribution in [-0.2, 0) is 27.1 Å². The lowest BCUT2D eigenvalue weighted by Crippen LogP contribution is -2.24. The molecule has 0 N–H and O–H groups in total. The molecule has 1 aliphatic carbocycles. The molecule has 0 spiro atoms. The van der Waals surface area contributed by atoms with Gasteiger partial charge in [0, 0.05) is 17.5 Å². The number of nitrogens with zero attached hydrogens (tertiary/aromatic N) is 1. The van der Waals surface area contributed by atoms with Crippen molar-refractivity contribution in [2.45, 2.75) is 57.7 Å². The van der Waals surface area contributed by atoms with Crippen molar-refractivity contribution in [1.82, 2.24) is 4.98 Å². The maximum absolute atomic E-state index is 13.0. The number of fused-ring (bicyclic) bond motifs is 2. The number of hydrogen-bond donors (Lipinski definition) is 0. The number of hydrogen-bond acceptors (Lipinski definition) is 5. The van der Waals surface area contributed by atoms with Gasteiger partial charge in [-0.15, -0.1) is 0 Å². The van der Waals surface area contributed by atoms with E-state index in [2.05, 4.69) is 0 Å². The van der Waals surface area contributed by atoms with Crippen LogP contribution in [0, 0.1) is 0 Å². The number of pyridine rings is 1. The Morgan fingerprint density at radius 2 is 2.00 bits per heavy atom. The summed E-state index contributed by atoms with van der Waals surface area (Å²) >= 11 is 0. The van der Waals surface area contributed by atoms with Gasteiger partial charge in [0.1, 0.15) is 6.10 Å². The molecule has 25 heavy (non-hydrogen) atoms. The fraction of sp³-hybridized carbons (Fsp3) is 0.450. The summed E-state index contributed by atoms with van der Waals surface area (Å²) in [7, 11) is 0. The smallest absolute Gasteiger partial charge is 0.347 e. The number of ether oxygens (including phenoxy) is 2. The maximum Gasteiger partial charge on any atom is 0.347 e. The van der Waals surface area contributed by atoms with Crippen LogP contribution in [0.25, 0.3) is 10.9 Å². The van der Waals surface area contributed by atoms with Crippen LogP contribution in [0.5, 0.6) is 0 Å². The molecule has 2 atom stereocenters. The van der Waals surface area contributed by atoms with Gasteiger partial charge in [-0.25, -0.2) is 9.59 Å². The van der Waals surface area contributed by atoms with Crippen LogP contribution < -0.4 is 0 Å². The van der Waals surface area contributed by atoms with Crippen molar-refractivity contribution < 1.29 is 19.1 Å². The Hall–Kier alpha value is -2.43. The molecule has 130 valence electrons. The Balaban J connectivity index is 1.78. The molecule has 0 amide bonds. The van der Waals surface area contributed by atoms with Gasteiger partial charge in [-0.1, -0.05) is 24.6 Å². The molecule has 2 aromatic rings. The highest BCUT2D eigenvalue weighted by Crippen LogP contribution is 2.30. The molecule has 1 aromatic carbocycles. The number of para-hydroxylation sites is 1. The second-order valence-electron chi connectivity index (χ2n) is 6.87. The molecule has 0 unspecified atom stereocenters. The van der Waals surface area contributed by atoms with E-state index in [-0.39, 0.29) is 6.10 Å². The zero-order valence-electron chi connectivity index (χ0n) is 14.3. The summed E-state index contributed by atoms with van der Waals surface area (Å²) in [6.07, 6.45) is 4.34. The predicted octanol–water partition coefficient (Wildman–Crippen LogP) is 3.36. The average Bonchev–Trinajstić information content (AvgIpc) is 2.78. The van der Waals surface area contributed by atoms with Gasteiger partial charge in [0.25, 0.3) is 0 Å². The third-order valence-electron chi connectivity index (χ3n) is 5.00. The van der Waals surface area contributed by atoms with E-state index in [4.69, 9.17) is 14.5 Å². The largest absolute Gasteiger partial charge is 0.460 e. The Labute approximate surface area is 146 Å². The minimum atomic E-state index is -0.809. The van der Waals surface area contributed by atoms with E-state index < -0.39 is 18.0 Å². The van der Waals surface area contributed by atoms with E-state index in [9.17, 15) is 9.59 Å². The van der Waals surface area contributed by atoms with Crippen LogP contribution in [0.1, 0.15) is 54.2 Å². The Kier molecular flexibility index (Phi) is 4.15. The van der Waals surface area contributed by atoms with E-state index in [0.717, 1.165) is 54.3 Å². The summed E-state index contributed by atoms with van der Waals surface area (Å²) in [5.41, 5.74) is 3.36. The molecule has 1 saturated heterocycles. The number of carbonyl (C=O) groups excluding carboxylic acids is 2. The zero-order chi connectivity index (χ0) is 17.4. The molecule has 5 heteroatoms. The second-order valence-corrected chi connectivity index (χ2v) is 6.87. The van der Waals surface area contributed by atoms with Gasteiger partial charge >= 0.3 is 11.9 Å². The normalized spacial score (nSPS) is 23.0. The maximum atomic E-state index is 13.0. The number of aryl methyl sites for hydroxylation is 1. The molecule has 0 saturated carbocycles.